The van der Waals surface area contributed by atoms with E-state index < -0.39 is 8.53 Å². The molecule has 0 aromatic rings. The molecule has 4 rings (SSSR count). The van der Waals surface area contributed by atoms with E-state index in [0.29, 0.717) is 31.5 Å². The fourth-order valence-electron chi connectivity index (χ4n) is 10.8. The van der Waals surface area contributed by atoms with Crippen LogP contribution in [-0.2, 0) is 33.6 Å². The molecule has 4 aliphatic carbocycles. The maximum absolute atomic E-state index is 12.7. The fraction of sp³-hybridized carbons (Fsp3) is 0.881. The summed E-state index contributed by atoms with van der Waals surface area (Å²) in [5.74, 6) is 4.83. The molecule has 0 bridgehead atoms. The monoisotopic (exact) mass is 891 g/mol. The number of hydrogen-bond donors (Lipinski definition) is 1. The summed E-state index contributed by atoms with van der Waals surface area (Å²) in [6.45, 7) is 21.7. The van der Waals surface area contributed by atoms with E-state index in [-0.39, 0.29) is 84.5 Å². The van der Waals surface area contributed by atoms with E-state index in [1.54, 1.807) is 11.6 Å². The molecule has 3 saturated carbocycles. The van der Waals surface area contributed by atoms with Gasteiger partial charge in [-0.3, -0.25) is 4.79 Å². The van der Waals surface area contributed by atoms with Crippen molar-refractivity contribution >= 4 is 14.5 Å². The van der Waals surface area contributed by atoms with E-state index in [0.717, 1.165) is 54.8 Å². The van der Waals surface area contributed by atoms with E-state index in [1.165, 1.54) is 57.6 Å². The Kier molecular flexibility index (Phi) is 20.7. The van der Waals surface area contributed by atoms with E-state index in [9.17, 15) is 9.69 Å². The van der Waals surface area contributed by atoms with Gasteiger partial charge in [0.1, 0.15) is 19.0 Å². The Morgan fingerprint density at radius 3 is 2.42 bits per heavy atom. The third-order valence-electron chi connectivity index (χ3n) is 13.3. The van der Waals surface area contributed by atoms with Crippen molar-refractivity contribution in [1.82, 2.24) is 4.67 Å². The van der Waals surface area contributed by atoms with Gasteiger partial charge >= 0.3 is 5.97 Å². The second kappa shape index (κ2) is 23.0. The van der Waals surface area contributed by atoms with Crippen molar-refractivity contribution in [1.29, 1.82) is 0 Å². The zero-order valence-corrected chi connectivity index (χ0v) is 38.7. The largest absolute Gasteiger partial charge is 0.462 e. The SMILES string of the molecule is CC(C)CCC[C@H](C)C1CCC2C3CC=C4C[C@@H](OC(=O)CC/C=C\OOOCCOCCOP(O)N(C(C)C)C(C)C)CC[C@]4(C)C3CC[C@@]21C.[Ce]. The topological polar surface area (TPSA) is 95.9 Å². The molecule has 0 saturated heterocycles. The van der Waals surface area contributed by atoms with Crippen LogP contribution in [0.5, 0.6) is 0 Å². The minimum atomic E-state index is -1.65. The minimum Gasteiger partial charge on any atom is -0.462 e. The number of rotatable bonds is 22. The smallest absolute Gasteiger partial charge is 0.306 e. The first-order valence-corrected chi connectivity index (χ1v) is 21.9. The van der Waals surface area contributed by atoms with Gasteiger partial charge in [0, 0.05) is 66.7 Å². The van der Waals surface area contributed by atoms with Gasteiger partial charge in [0.05, 0.1) is 19.8 Å². The van der Waals surface area contributed by atoms with Crippen LogP contribution in [0.15, 0.2) is 24.0 Å². The summed E-state index contributed by atoms with van der Waals surface area (Å²) in [6, 6.07) is 0.387. The number of hydrogen-bond acceptors (Lipinski definition) is 9. The van der Waals surface area contributed by atoms with E-state index in [4.69, 9.17) is 23.8 Å². The predicted octanol–water partition coefficient (Wildman–Crippen LogP) is 10.5. The minimum absolute atomic E-state index is 0. The van der Waals surface area contributed by atoms with Crippen molar-refractivity contribution in [3.05, 3.63) is 24.0 Å². The second-order valence-electron chi connectivity index (χ2n) is 17.8. The first-order chi connectivity index (χ1) is 24.8. The molecule has 53 heavy (non-hydrogen) atoms. The number of allylic oxidation sites excluding steroid dienone is 2. The Bertz CT molecular complexity index is 1150. The van der Waals surface area contributed by atoms with Gasteiger partial charge in [-0.15, -0.1) is 0 Å². The number of esters is 1. The number of carbonyl (C=O) groups excluding carboxylic acids is 1. The van der Waals surface area contributed by atoms with E-state index in [1.807, 2.05) is 32.4 Å². The number of fused-ring (bicyclic) bond motifs is 5. The van der Waals surface area contributed by atoms with Gasteiger partial charge in [-0.25, -0.2) is 4.67 Å². The van der Waals surface area contributed by atoms with Gasteiger partial charge in [-0.2, -0.15) is 4.89 Å². The van der Waals surface area contributed by atoms with Crippen LogP contribution in [0.3, 0.4) is 0 Å². The average Bonchev–Trinajstić information content (AvgIpc) is 3.43. The summed E-state index contributed by atoms with van der Waals surface area (Å²) >= 11 is 0. The zero-order valence-electron chi connectivity index (χ0n) is 34.6. The van der Waals surface area contributed by atoms with Crippen molar-refractivity contribution < 1.29 is 80.2 Å². The molecular weight excluding hydrogens is 818 g/mol. The molecule has 304 valence electrons. The van der Waals surface area contributed by atoms with Crippen LogP contribution < -0.4 is 0 Å². The Morgan fingerprint density at radius 1 is 0.962 bits per heavy atom. The van der Waals surface area contributed by atoms with Crippen LogP contribution in [0.2, 0.25) is 0 Å². The Labute approximate surface area is 357 Å². The third-order valence-corrected chi connectivity index (χ3v) is 15.0. The molecule has 5 unspecified atom stereocenters. The Morgan fingerprint density at radius 2 is 1.70 bits per heavy atom. The molecule has 3 fully saturated rings. The summed E-state index contributed by atoms with van der Waals surface area (Å²) in [5.41, 5.74) is 2.32. The zero-order chi connectivity index (χ0) is 37.9. The van der Waals surface area contributed by atoms with Crippen LogP contribution in [0, 0.1) is 88.1 Å². The Hall–Kier alpha value is 0.317. The summed E-state index contributed by atoms with van der Waals surface area (Å²) < 4.78 is 18.9. The molecule has 11 heteroatoms. The second-order valence-corrected chi connectivity index (χ2v) is 19.0. The van der Waals surface area contributed by atoms with Crippen LogP contribution >= 0.6 is 8.53 Å². The van der Waals surface area contributed by atoms with Gasteiger partial charge in [-0.1, -0.05) is 65.5 Å². The van der Waals surface area contributed by atoms with Crippen molar-refractivity contribution in [2.45, 2.75) is 164 Å². The van der Waals surface area contributed by atoms with Crippen LogP contribution in [-0.4, -0.2) is 60.1 Å². The number of ether oxygens (including phenoxy) is 2. The summed E-state index contributed by atoms with van der Waals surface area (Å²) in [4.78, 5) is 32.9. The van der Waals surface area contributed by atoms with Gasteiger partial charge in [0.25, 0.3) is 8.53 Å². The van der Waals surface area contributed by atoms with Gasteiger partial charge in [0.15, 0.2) is 0 Å². The quantitative estimate of drug-likeness (QED) is 0.0217. The Balaban J connectivity index is 0.00000756. The molecule has 0 aromatic heterocycles. The van der Waals surface area contributed by atoms with Crippen LogP contribution in [0.4, 0.5) is 0 Å². The first kappa shape index (κ1) is 47.7. The summed E-state index contributed by atoms with van der Waals surface area (Å²) in [5, 5.41) is 4.69. The maximum atomic E-state index is 12.7. The van der Waals surface area contributed by atoms with Crippen LogP contribution in [0.25, 0.3) is 0 Å². The van der Waals surface area contributed by atoms with E-state index >= 15 is 0 Å². The van der Waals surface area contributed by atoms with E-state index in [2.05, 4.69) is 45.7 Å². The summed E-state index contributed by atoms with van der Waals surface area (Å²) in [7, 11) is -1.65. The molecular formula is C42H74CeNO8P. The van der Waals surface area contributed by atoms with Crippen molar-refractivity contribution in [3.63, 3.8) is 0 Å². The molecule has 9 atom stereocenters. The average molecular weight is 892 g/mol. The van der Waals surface area contributed by atoms with Crippen LogP contribution in [0.1, 0.15) is 146 Å². The molecule has 1 N–H and O–H groups in total. The summed E-state index contributed by atoms with van der Waals surface area (Å²) in [6.07, 6.45) is 20.4. The fourth-order valence-corrected chi connectivity index (χ4v) is 12.0. The molecule has 0 amide bonds. The van der Waals surface area contributed by atoms with Crippen molar-refractivity contribution in [2.24, 2.45) is 46.3 Å². The molecule has 0 aliphatic heterocycles. The standard InChI is InChI=1S/C42H74NO8P.Ce/c1-30(2)13-12-14-33(7)37-18-19-38-36-17-16-34-29-35(20-22-41(34,8)39(36)21-23-42(37,38)9)50-40(44)15-10-11-24-47-51-48-27-25-46-26-28-49-52(45)43(31(3)4)32(5)6;/h11,16,24,30-33,35-39,45H,10,12-15,17-23,25-29H2,1-9H3;/b24-11-;/t33-,35-,36?,37?,38?,39?,41-,42+,52?;/m0./s1. The molecule has 0 aromatic carbocycles. The molecule has 9 nitrogen and oxygen atoms in total. The van der Waals surface area contributed by atoms with Gasteiger partial charge < -0.3 is 23.8 Å². The molecule has 4 aliphatic rings. The number of nitrogens with zero attached hydrogens (tertiary/aromatic N) is 1. The normalized spacial score (nSPS) is 30.9. The molecule has 0 heterocycles. The molecule has 0 spiro atoms. The molecule has 0 radical (unpaired) electrons. The first-order valence-electron chi connectivity index (χ1n) is 20.7. The maximum Gasteiger partial charge on any atom is 0.306 e. The van der Waals surface area contributed by atoms with Crippen molar-refractivity contribution in [2.75, 3.05) is 26.4 Å². The number of carbonyl (C=O) groups is 1. The van der Waals surface area contributed by atoms with Gasteiger partial charge in [-0.05, 0) is 137 Å². The third kappa shape index (κ3) is 13.2. The predicted molar refractivity (Wildman–Crippen MR) is 207 cm³/mol. The van der Waals surface area contributed by atoms with Crippen molar-refractivity contribution in [3.8, 4) is 0 Å². The van der Waals surface area contributed by atoms with Gasteiger partial charge in [0.2, 0.25) is 0 Å².